The minimum atomic E-state index is -0.517. The number of nitrogens with zero attached hydrogens (tertiary/aromatic N) is 1. The Kier molecular flexibility index (Phi) is 4.43. The third-order valence-corrected chi connectivity index (χ3v) is 5.07. The molecule has 0 unspecified atom stereocenters. The molecule has 0 amide bonds. The van der Waals surface area contributed by atoms with E-state index in [2.05, 4.69) is 0 Å². The van der Waals surface area contributed by atoms with Crippen LogP contribution in [0.5, 0.6) is 5.75 Å². The molecule has 0 spiro atoms. The van der Waals surface area contributed by atoms with Gasteiger partial charge < -0.3 is 9.84 Å². The average Bonchev–Trinajstić information content (AvgIpc) is 3.08. The van der Waals surface area contributed by atoms with Gasteiger partial charge in [0, 0.05) is 10.9 Å². The maximum absolute atomic E-state index is 12.4. The second-order valence-corrected chi connectivity index (χ2v) is 6.82. The second-order valence-electron chi connectivity index (χ2n) is 6.82. The lowest BCUT2D eigenvalue weighted by atomic mass is 9.97. The summed E-state index contributed by atoms with van der Waals surface area (Å²) in [6.45, 7) is 1.58. The van der Waals surface area contributed by atoms with Crippen molar-refractivity contribution in [1.82, 2.24) is 4.98 Å². The highest BCUT2D eigenvalue weighted by Crippen LogP contribution is 2.38. The van der Waals surface area contributed by atoms with Crippen molar-refractivity contribution in [3.63, 3.8) is 0 Å². The van der Waals surface area contributed by atoms with E-state index in [1.807, 2.05) is 30.3 Å². The molecule has 0 radical (unpaired) electrons. The van der Waals surface area contributed by atoms with Crippen LogP contribution in [0.4, 0.5) is 0 Å². The molecule has 0 bridgehead atoms. The molecule has 0 atom stereocenters. The Morgan fingerprint density at radius 1 is 1.14 bits per heavy atom. The first-order valence-corrected chi connectivity index (χ1v) is 9.04. The van der Waals surface area contributed by atoms with Crippen molar-refractivity contribution in [3.05, 3.63) is 70.4 Å². The number of hydrogen-bond acceptors (Lipinski definition) is 5. The Morgan fingerprint density at radius 3 is 2.68 bits per heavy atom. The van der Waals surface area contributed by atoms with E-state index in [4.69, 9.17) is 9.72 Å². The first-order chi connectivity index (χ1) is 13.5. The van der Waals surface area contributed by atoms with Crippen molar-refractivity contribution in [2.75, 3.05) is 7.11 Å². The predicted octanol–water partition coefficient (Wildman–Crippen LogP) is 4.42. The number of phenols is 1. The Labute approximate surface area is 162 Å². The maximum Gasteiger partial charge on any atom is 0.338 e. The zero-order chi connectivity index (χ0) is 19.8. The predicted molar refractivity (Wildman–Crippen MR) is 107 cm³/mol. The molecule has 1 aliphatic rings. The molecule has 5 nitrogen and oxygen atoms in total. The second kappa shape index (κ2) is 6.93. The van der Waals surface area contributed by atoms with E-state index in [0.29, 0.717) is 5.56 Å². The highest BCUT2D eigenvalue weighted by Gasteiger charge is 2.25. The minimum Gasteiger partial charge on any atom is -0.508 e. The summed E-state index contributed by atoms with van der Waals surface area (Å²) in [6.07, 6.45) is 3.34. The Balaban J connectivity index is 1.92. The molecule has 28 heavy (non-hydrogen) atoms. The number of esters is 1. The molecule has 0 aliphatic heterocycles. The van der Waals surface area contributed by atoms with Crippen LogP contribution < -0.4 is 0 Å². The van der Waals surface area contributed by atoms with Gasteiger partial charge in [-0.15, -0.1) is 0 Å². The highest BCUT2D eigenvalue weighted by atomic mass is 16.5. The number of ketones is 1. The SMILES string of the molecule is COC(=O)c1cc(O)ccc1/C=C1\CCc2c1nc1ccccc1c2C(C)=O. The van der Waals surface area contributed by atoms with E-state index in [-0.39, 0.29) is 17.1 Å². The number of hydrogen-bond donors (Lipinski definition) is 1. The van der Waals surface area contributed by atoms with Crippen LogP contribution in [-0.2, 0) is 11.2 Å². The molecule has 0 fully saturated rings. The van der Waals surface area contributed by atoms with E-state index in [1.165, 1.54) is 19.2 Å². The van der Waals surface area contributed by atoms with Crippen LogP contribution in [0.1, 0.15) is 50.9 Å². The molecule has 140 valence electrons. The number of rotatable bonds is 3. The normalized spacial score (nSPS) is 14.3. The number of pyridine rings is 1. The fourth-order valence-corrected chi connectivity index (χ4v) is 3.83. The number of allylic oxidation sites excluding steroid dienone is 1. The van der Waals surface area contributed by atoms with Gasteiger partial charge in [-0.05, 0) is 60.7 Å². The van der Waals surface area contributed by atoms with Crippen LogP contribution in [0.15, 0.2) is 42.5 Å². The van der Waals surface area contributed by atoms with Crippen molar-refractivity contribution in [2.24, 2.45) is 0 Å². The molecular weight excluding hydrogens is 354 g/mol. The van der Waals surface area contributed by atoms with Crippen LogP contribution in [0.2, 0.25) is 0 Å². The van der Waals surface area contributed by atoms with E-state index < -0.39 is 5.97 Å². The van der Waals surface area contributed by atoms with Crippen LogP contribution in [0.25, 0.3) is 22.6 Å². The lowest BCUT2D eigenvalue weighted by molar-refractivity contribution is 0.0600. The summed E-state index contributed by atoms with van der Waals surface area (Å²) in [5.41, 5.74) is 5.15. The standard InChI is InChI=1S/C23H19NO4/c1-13(25)21-17-5-3-4-6-20(17)24-22-15(8-10-18(21)22)11-14-7-9-16(26)12-19(14)23(27)28-2/h3-7,9,11-12,26H,8,10H2,1-2H3/b15-11+. The average molecular weight is 373 g/mol. The third kappa shape index (κ3) is 2.95. The lowest BCUT2D eigenvalue weighted by Gasteiger charge is -2.10. The van der Waals surface area contributed by atoms with E-state index >= 15 is 0 Å². The number of methoxy groups -OCH3 is 1. The maximum atomic E-state index is 12.4. The van der Waals surface area contributed by atoms with Crippen molar-refractivity contribution >= 4 is 34.3 Å². The van der Waals surface area contributed by atoms with Crippen LogP contribution in [-0.4, -0.2) is 29.0 Å². The number of carbonyl (C=O) groups is 2. The highest BCUT2D eigenvalue weighted by molar-refractivity contribution is 6.09. The van der Waals surface area contributed by atoms with E-state index in [0.717, 1.165) is 46.1 Å². The van der Waals surface area contributed by atoms with Crippen molar-refractivity contribution in [3.8, 4) is 5.75 Å². The van der Waals surface area contributed by atoms with Crippen molar-refractivity contribution in [1.29, 1.82) is 0 Å². The zero-order valence-corrected chi connectivity index (χ0v) is 15.7. The van der Waals surface area contributed by atoms with Crippen LogP contribution in [0.3, 0.4) is 0 Å². The first-order valence-electron chi connectivity index (χ1n) is 9.04. The molecule has 3 aromatic rings. The number of carbonyl (C=O) groups excluding carboxylic acids is 2. The number of aromatic nitrogens is 1. The molecule has 1 aliphatic carbocycles. The van der Waals surface area contributed by atoms with Gasteiger partial charge in [-0.3, -0.25) is 4.79 Å². The van der Waals surface area contributed by atoms with Gasteiger partial charge in [-0.25, -0.2) is 9.78 Å². The number of benzene rings is 2. The van der Waals surface area contributed by atoms with Gasteiger partial charge in [0.05, 0.1) is 23.9 Å². The molecule has 1 heterocycles. The van der Waals surface area contributed by atoms with Gasteiger partial charge in [0.1, 0.15) is 5.75 Å². The third-order valence-electron chi connectivity index (χ3n) is 5.07. The van der Waals surface area contributed by atoms with Crippen LogP contribution in [0, 0.1) is 0 Å². The van der Waals surface area contributed by atoms with Crippen molar-refractivity contribution < 1.29 is 19.4 Å². The van der Waals surface area contributed by atoms with Gasteiger partial charge in [0.2, 0.25) is 0 Å². The molecule has 4 rings (SSSR count). The fourth-order valence-electron chi connectivity index (χ4n) is 3.83. The summed E-state index contributed by atoms with van der Waals surface area (Å²) in [6, 6.07) is 12.2. The summed E-state index contributed by atoms with van der Waals surface area (Å²) in [7, 11) is 1.31. The largest absolute Gasteiger partial charge is 0.508 e. The molecule has 2 aromatic carbocycles. The molecule has 0 saturated heterocycles. The topological polar surface area (TPSA) is 76.5 Å². The van der Waals surface area contributed by atoms with E-state index in [1.54, 1.807) is 13.0 Å². The number of aromatic hydroxyl groups is 1. The number of fused-ring (bicyclic) bond motifs is 2. The first kappa shape index (κ1) is 17.9. The quantitative estimate of drug-likeness (QED) is 0.543. The molecule has 5 heteroatoms. The molecule has 1 N–H and O–H groups in total. The smallest absolute Gasteiger partial charge is 0.338 e. The Hall–Kier alpha value is -3.47. The minimum absolute atomic E-state index is 0.00245. The van der Waals surface area contributed by atoms with Gasteiger partial charge in [0.15, 0.2) is 5.78 Å². The van der Waals surface area contributed by atoms with Gasteiger partial charge in [0.25, 0.3) is 0 Å². The summed E-state index contributed by atoms with van der Waals surface area (Å²) in [5.74, 6) is -0.495. The summed E-state index contributed by atoms with van der Waals surface area (Å²) >= 11 is 0. The number of para-hydroxylation sites is 1. The number of Topliss-reactive ketones (excluding diaryl/α,β-unsaturated/α-hetero) is 1. The molecule has 0 saturated carbocycles. The fraction of sp³-hybridized carbons (Fsp3) is 0.174. The summed E-state index contributed by atoms with van der Waals surface area (Å²) < 4.78 is 4.83. The number of ether oxygens (including phenoxy) is 1. The van der Waals surface area contributed by atoms with Crippen LogP contribution >= 0.6 is 0 Å². The van der Waals surface area contributed by atoms with Gasteiger partial charge in [-0.2, -0.15) is 0 Å². The molecule has 1 aromatic heterocycles. The van der Waals surface area contributed by atoms with Gasteiger partial charge >= 0.3 is 5.97 Å². The van der Waals surface area contributed by atoms with Gasteiger partial charge in [-0.1, -0.05) is 24.3 Å². The number of phenolic OH excluding ortho intramolecular Hbond substituents is 1. The van der Waals surface area contributed by atoms with Crippen molar-refractivity contribution in [2.45, 2.75) is 19.8 Å². The zero-order valence-electron chi connectivity index (χ0n) is 15.7. The summed E-state index contributed by atoms with van der Waals surface area (Å²) in [5, 5.41) is 10.6. The lowest BCUT2D eigenvalue weighted by Crippen LogP contribution is -2.04. The van der Waals surface area contributed by atoms with E-state index in [9.17, 15) is 14.7 Å². The Morgan fingerprint density at radius 2 is 1.93 bits per heavy atom. The molecular formula is C23H19NO4. The summed E-state index contributed by atoms with van der Waals surface area (Å²) in [4.78, 5) is 29.3. The Bertz CT molecular complexity index is 1160. The monoisotopic (exact) mass is 373 g/mol.